The SMILES string of the molecule is O=C(NCc1ccc2c(c1)OCO2)C(=O)Nc1ccc(C(F)(F)F)cc1. The summed E-state index contributed by atoms with van der Waals surface area (Å²) >= 11 is 0. The predicted octanol–water partition coefficient (Wildman–Crippen LogP) is 2.69. The minimum atomic E-state index is -4.47. The van der Waals surface area contributed by atoms with Crippen molar-refractivity contribution in [2.24, 2.45) is 0 Å². The third-order valence-electron chi connectivity index (χ3n) is 3.57. The van der Waals surface area contributed by atoms with Gasteiger partial charge in [0.05, 0.1) is 5.56 Å². The van der Waals surface area contributed by atoms with Gasteiger partial charge in [0.25, 0.3) is 0 Å². The Morgan fingerprint density at radius 2 is 1.65 bits per heavy atom. The van der Waals surface area contributed by atoms with Crippen molar-refractivity contribution in [2.75, 3.05) is 12.1 Å². The fourth-order valence-corrected chi connectivity index (χ4v) is 2.24. The Hall–Kier alpha value is -3.23. The number of anilines is 1. The van der Waals surface area contributed by atoms with Crippen LogP contribution in [-0.2, 0) is 22.3 Å². The van der Waals surface area contributed by atoms with Crippen LogP contribution in [0.3, 0.4) is 0 Å². The van der Waals surface area contributed by atoms with Crippen LogP contribution in [0.1, 0.15) is 11.1 Å². The van der Waals surface area contributed by atoms with Gasteiger partial charge in [0, 0.05) is 12.2 Å². The summed E-state index contributed by atoms with van der Waals surface area (Å²) in [6.07, 6.45) is -4.47. The van der Waals surface area contributed by atoms with Gasteiger partial charge in [0.15, 0.2) is 11.5 Å². The highest BCUT2D eigenvalue weighted by Crippen LogP contribution is 2.32. The van der Waals surface area contributed by atoms with Gasteiger partial charge in [-0.3, -0.25) is 9.59 Å². The number of carbonyl (C=O) groups is 2. The molecular weight excluding hydrogens is 353 g/mol. The van der Waals surface area contributed by atoms with Crippen molar-refractivity contribution >= 4 is 17.5 Å². The predicted molar refractivity (Wildman–Crippen MR) is 84.5 cm³/mol. The zero-order chi connectivity index (χ0) is 18.7. The Balaban J connectivity index is 1.54. The third kappa shape index (κ3) is 4.05. The largest absolute Gasteiger partial charge is 0.454 e. The normalized spacial score (nSPS) is 12.6. The van der Waals surface area contributed by atoms with E-state index in [-0.39, 0.29) is 19.0 Å². The van der Waals surface area contributed by atoms with Gasteiger partial charge in [-0.2, -0.15) is 13.2 Å². The molecule has 0 saturated heterocycles. The number of carbonyl (C=O) groups excluding carboxylic acids is 2. The van der Waals surface area contributed by atoms with E-state index in [1.54, 1.807) is 18.2 Å². The monoisotopic (exact) mass is 366 g/mol. The van der Waals surface area contributed by atoms with E-state index in [2.05, 4.69) is 10.6 Å². The van der Waals surface area contributed by atoms with Crippen LogP contribution in [0.25, 0.3) is 0 Å². The molecule has 3 rings (SSSR count). The first kappa shape index (κ1) is 17.6. The van der Waals surface area contributed by atoms with Crippen molar-refractivity contribution in [3.63, 3.8) is 0 Å². The first-order valence-electron chi connectivity index (χ1n) is 7.48. The zero-order valence-electron chi connectivity index (χ0n) is 13.2. The van der Waals surface area contributed by atoms with E-state index in [0.29, 0.717) is 17.1 Å². The van der Waals surface area contributed by atoms with Gasteiger partial charge in [-0.1, -0.05) is 6.07 Å². The number of nitrogens with one attached hydrogen (secondary N) is 2. The maximum Gasteiger partial charge on any atom is 0.416 e. The van der Waals surface area contributed by atoms with Crippen molar-refractivity contribution in [3.05, 3.63) is 53.6 Å². The molecule has 0 fully saturated rings. The maximum absolute atomic E-state index is 12.5. The zero-order valence-corrected chi connectivity index (χ0v) is 13.2. The van der Waals surface area contributed by atoms with E-state index in [0.717, 1.165) is 24.3 Å². The molecule has 0 bridgehead atoms. The van der Waals surface area contributed by atoms with Gasteiger partial charge >= 0.3 is 18.0 Å². The molecule has 0 aliphatic carbocycles. The van der Waals surface area contributed by atoms with Crippen molar-refractivity contribution < 1.29 is 32.2 Å². The number of hydrogen-bond acceptors (Lipinski definition) is 4. The van der Waals surface area contributed by atoms with Crippen molar-refractivity contribution in [2.45, 2.75) is 12.7 Å². The molecule has 1 heterocycles. The lowest BCUT2D eigenvalue weighted by molar-refractivity contribution is -0.137. The standard InChI is InChI=1S/C17H13F3N2O4/c18-17(19,20)11-2-4-12(5-3-11)22-16(24)15(23)21-8-10-1-6-13-14(7-10)26-9-25-13/h1-7H,8-9H2,(H,21,23)(H,22,24). The van der Waals surface area contributed by atoms with Crippen LogP contribution in [0.4, 0.5) is 18.9 Å². The van der Waals surface area contributed by atoms with Crippen molar-refractivity contribution in [1.29, 1.82) is 0 Å². The molecule has 9 heteroatoms. The summed E-state index contributed by atoms with van der Waals surface area (Å²) in [6.45, 7) is 0.205. The maximum atomic E-state index is 12.5. The quantitative estimate of drug-likeness (QED) is 0.819. The third-order valence-corrected chi connectivity index (χ3v) is 3.57. The highest BCUT2D eigenvalue weighted by Gasteiger charge is 2.30. The fourth-order valence-electron chi connectivity index (χ4n) is 2.24. The lowest BCUT2D eigenvalue weighted by Crippen LogP contribution is -2.34. The van der Waals surface area contributed by atoms with Crippen LogP contribution in [-0.4, -0.2) is 18.6 Å². The van der Waals surface area contributed by atoms with E-state index in [1.807, 2.05) is 0 Å². The minimum absolute atomic E-state index is 0.0793. The Bertz CT molecular complexity index is 835. The molecule has 0 spiro atoms. The number of halogens is 3. The van der Waals surface area contributed by atoms with Gasteiger partial charge in [0.1, 0.15) is 0 Å². The number of rotatable bonds is 3. The molecule has 1 aliphatic rings. The van der Waals surface area contributed by atoms with Crippen LogP contribution < -0.4 is 20.1 Å². The average Bonchev–Trinajstić information content (AvgIpc) is 3.07. The van der Waals surface area contributed by atoms with E-state index in [4.69, 9.17) is 9.47 Å². The van der Waals surface area contributed by atoms with Crippen molar-refractivity contribution in [3.8, 4) is 11.5 Å². The topological polar surface area (TPSA) is 76.7 Å². The molecular formula is C17H13F3N2O4. The summed E-state index contributed by atoms with van der Waals surface area (Å²) in [6, 6.07) is 8.86. The summed E-state index contributed by atoms with van der Waals surface area (Å²) < 4.78 is 47.8. The van der Waals surface area contributed by atoms with Gasteiger partial charge in [-0.05, 0) is 42.0 Å². The molecule has 1 aliphatic heterocycles. The van der Waals surface area contributed by atoms with Crippen LogP contribution in [0, 0.1) is 0 Å². The van der Waals surface area contributed by atoms with E-state index >= 15 is 0 Å². The lowest BCUT2D eigenvalue weighted by atomic mass is 10.2. The van der Waals surface area contributed by atoms with Crippen LogP contribution in [0.2, 0.25) is 0 Å². The molecule has 0 atom stereocenters. The molecule has 0 aromatic heterocycles. The summed E-state index contributed by atoms with van der Waals surface area (Å²) in [7, 11) is 0. The molecule has 2 N–H and O–H groups in total. The lowest BCUT2D eigenvalue weighted by Gasteiger charge is -2.09. The highest BCUT2D eigenvalue weighted by molar-refractivity contribution is 6.39. The molecule has 2 aromatic rings. The Kier molecular flexibility index (Phi) is 4.70. The first-order chi connectivity index (χ1) is 12.3. The second-order valence-corrected chi connectivity index (χ2v) is 5.40. The molecule has 26 heavy (non-hydrogen) atoms. The number of ether oxygens (including phenoxy) is 2. The van der Waals surface area contributed by atoms with Crippen molar-refractivity contribution in [1.82, 2.24) is 5.32 Å². The molecule has 136 valence electrons. The number of fused-ring (bicyclic) bond motifs is 1. The van der Waals surface area contributed by atoms with Crippen LogP contribution >= 0.6 is 0 Å². The Morgan fingerprint density at radius 3 is 2.35 bits per heavy atom. The Labute approximate surface area is 145 Å². The molecule has 0 saturated carbocycles. The second kappa shape index (κ2) is 6.95. The number of amides is 2. The number of hydrogen-bond donors (Lipinski definition) is 2. The van der Waals surface area contributed by atoms with E-state index in [9.17, 15) is 22.8 Å². The smallest absolute Gasteiger partial charge is 0.416 e. The van der Waals surface area contributed by atoms with Crippen LogP contribution in [0.5, 0.6) is 11.5 Å². The number of alkyl halides is 3. The Morgan fingerprint density at radius 1 is 0.962 bits per heavy atom. The van der Waals surface area contributed by atoms with Crippen LogP contribution in [0.15, 0.2) is 42.5 Å². The van der Waals surface area contributed by atoms with E-state index in [1.165, 1.54) is 0 Å². The summed E-state index contributed by atoms with van der Waals surface area (Å²) in [5, 5.41) is 4.65. The molecule has 2 aromatic carbocycles. The first-order valence-corrected chi connectivity index (χ1v) is 7.48. The summed E-state index contributed by atoms with van der Waals surface area (Å²) in [5.41, 5.74) is -0.0612. The van der Waals surface area contributed by atoms with Gasteiger partial charge in [-0.25, -0.2) is 0 Å². The number of benzene rings is 2. The van der Waals surface area contributed by atoms with E-state index < -0.39 is 23.6 Å². The molecule has 0 unspecified atom stereocenters. The summed E-state index contributed by atoms with van der Waals surface area (Å²) in [4.78, 5) is 23.6. The van der Waals surface area contributed by atoms with Gasteiger partial charge in [0.2, 0.25) is 6.79 Å². The fraction of sp³-hybridized carbons (Fsp3) is 0.176. The second-order valence-electron chi connectivity index (χ2n) is 5.40. The summed E-state index contributed by atoms with van der Waals surface area (Å²) in [5.74, 6) is -0.751. The molecule has 6 nitrogen and oxygen atoms in total. The van der Waals surface area contributed by atoms with Gasteiger partial charge < -0.3 is 20.1 Å². The minimum Gasteiger partial charge on any atom is -0.454 e. The molecule has 0 radical (unpaired) electrons. The average molecular weight is 366 g/mol. The van der Waals surface area contributed by atoms with Gasteiger partial charge in [-0.15, -0.1) is 0 Å². The molecule has 2 amide bonds. The highest BCUT2D eigenvalue weighted by atomic mass is 19.4.